The first-order valence-corrected chi connectivity index (χ1v) is 3.09. The van der Waals surface area contributed by atoms with Crippen molar-refractivity contribution in [3.05, 3.63) is 11.0 Å². The van der Waals surface area contributed by atoms with Gasteiger partial charge in [-0.2, -0.15) is 26.3 Å². The Morgan fingerprint density at radius 1 is 1.00 bits per heavy atom. The summed E-state index contributed by atoms with van der Waals surface area (Å²) in [4.78, 5) is 8.09. The van der Waals surface area contributed by atoms with E-state index in [1.54, 1.807) is 0 Å². The Labute approximate surface area is 73.8 Å². The van der Waals surface area contributed by atoms with E-state index in [9.17, 15) is 31.1 Å². The molecule has 0 N–H and O–H groups in total. The predicted molar refractivity (Wildman–Crippen MR) is 34.2 cm³/mol. The molecule has 0 radical (unpaired) electrons. The zero-order chi connectivity index (χ0) is 10.9. The van der Waals surface area contributed by atoms with Crippen LogP contribution < -0.4 is 0 Å². The fraction of sp³-hybridized carbons (Fsp3) is 0.400. The van der Waals surface area contributed by atoms with Crippen LogP contribution in [0.15, 0.2) is 11.0 Å². The maximum Gasteiger partial charge on any atom is 0.454 e. The molecule has 0 unspecified atom stereocenters. The highest BCUT2D eigenvalue weighted by atomic mass is 32.1. The topological polar surface area (TPSA) is 17.1 Å². The third-order valence-electron chi connectivity index (χ3n) is 0.838. The van der Waals surface area contributed by atoms with Crippen LogP contribution in [0.2, 0.25) is 0 Å². The molecule has 0 aliphatic heterocycles. The smallest absolute Gasteiger partial charge is 0.285 e. The van der Waals surface area contributed by atoms with Gasteiger partial charge in [-0.15, -0.1) is 12.6 Å². The molecule has 0 aliphatic rings. The minimum Gasteiger partial charge on any atom is -0.285 e. The molecule has 0 fully saturated rings. The predicted octanol–water partition coefficient (Wildman–Crippen LogP) is 2.49. The van der Waals surface area contributed by atoms with E-state index in [0.29, 0.717) is 0 Å². The Balaban J connectivity index is 4.70. The van der Waals surface area contributed by atoms with E-state index >= 15 is 0 Å². The maximum atomic E-state index is 11.5. The molecule has 0 aliphatic carbocycles. The lowest BCUT2D eigenvalue weighted by Crippen LogP contribution is -2.22. The number of alkyl halides is 6. The Morgan fingerprint density at radius 2 is 1.38 bits per heavy atom. The summed E-state index contributed by atoms with van der Waals surface area (Å²) < 4.78 is 68.8. The summed E-state index contributed by atoms with van der Waals surface area (Å²) in [5, 5.41) is 0. The first kappa shape index (κ1) is 12.3. The van der Waals surface area contributed by atoms with Crippen LogP contribution in [-0.2, 0) is 4.79 Å². The lowest BCUT2D eigenvalue weighted by atomic mass is 10.3. The van der Waals surface area contributed by atoms with Crippen molar-refractivity contribution in [1.82, 2.24) is 0 Å². The van der Waals surface area contributed by atoms with E-state index in [0.717, 1.165) is 0 Å². The van der Waals surface area contributed by atoms with E-state index in [4.69, 9.17) is 0 Å². The second kappa shape index (κ2) is 3.60. The second-order valence-electron chi connectivity index (χ2n) is 1.89. The van der Waals surface area contributed by atoms with Crippen molar-refractivity contribution in [3.63, 3.8) is 0 Å². The first-order valence-electron chi connectivity index (χ1n) is 2.64. The molecular formula is C5H2F6OS. The zero-order valence-electron chi connectivity index (χ0n) is 5.70. The number of thiol groups is 1. The Hall–Kier alpha value is -0.660. The van der Waals surface area contributed by atoms with Gasteiger partial charge in [-0.3, -0.25) is 4.79 Å². The average Bonchev–Trinajstić information content (AvgIpc) is 1.82. The molecule has 0 amide bonds. The molecule has 0 spiro atoms. The van der Waals surface area contributed by atoms with Crippen molar-refractivity contribution >= 4 is 18.4 Å². The Bertz CT molecular complexity index is 236. The van der Waals surface area contributed by atoms with Gasteiger partial charge in [-0.25, -0.2) is 0 Å². The summed E-state index contributed by atoms with van der Waals surface area (Å²) >= 11 is 2.70. The number of rotatable bonds is 1. The summed E-state index contributed by atoms with van der Waals surface area (Å²) in [7, 11) is 0. The van der Waals surface area contributed by atoms with Crippen LogP contribution in [-0.4, -0.2) is 18.1 Å². The lowest BCUT2D eigenvalue weighted by Gasteiger charge is -2.05. The van der Waals surface area contributed by atoms with Crippen LogP contribution in [0.5, 0.6) is 0 Å². The fourth-order valence-electron chi connectivity index (χ4n) is 0.288. The average molecular weight is 224 g/mol. The molecule has 0 bridgehead atoms. The molecular weight excluding hydrogens is 222 g/mol. The van der Waals surface area contributed by atoms with Gasteiger partial charge in [0.25, 0.3) is 5.78 Å². The molecule has 1 nitrogen and oxygen atoms in total. The molecule has 0 atom stereocenters. The van der Waals surface area contributed by atoms with E-state index in [1.165, 1.54) is 0 Å². The lowest BCUT2D eigenvalue weighted by molar-refractivity contribution is -0.165. The quantitative estimate of drug-likeness (QED) is 0.411. The molecule has 0 aromatic rings. The van der Waals surface area contributed by atoms with Crippen LogP contribution >= 0.6 is 12.6 Å². The van der Waals surface area contributed by atoms with Crippen LogP contribution in [0.4, 0.5) is 26.3 Å². The molecule has 0 aromatic heterocycles. The summed E-state index contributed by atoms with van der Waals surface area (Å²) in [6.45, 7) is 0. The van der Waals surface area contributed by atoms with Gasteiger partial charge in [0.1, 0.15) is 0 Å². The standard InChI is InChI=1S/C5H2F6OS/c6-4(7,8)2(12)1-3(13)5(9,10)11/h1,13H/b3-1-. The summed E-state index contributed by atoms with van der Waals surface area (Å²) in [5.41, 5.74) is 0. The minimum atomic E-state index is -5.31. The van der Waals surface area contributed by atoms with Gasteiger partial charge in [0, 0.05) is 6.08 Å². The molecule has 13 heavy (non-hydrogen) atoms. The van der Waals surface area contributed by atoms with Crippen LogP contribution in [0.25, 0.3) is 0 Å². The number of hydrogen-bond donors (Lipinski definition) is 1. The first-order chi connectivity index (χ1) is 5.55. The van der Waals surface area contributed by atoms with Crippen LogP contribution in [0, 0.1) is 0 Å². The van der Waals surface area contributed by atoms with E-state index < -0.39 is 29.1 Å². The van der Waals surface area contributed by atoms with E-state index in [-0.39, 0.29) is 0 Å². The van der Waals surface area contributed by atoms with E-state index in [1.807, 2.05) is 0 Å². The Morgan fingerprint density at radius 3 is 1.62 bits per heavy atom. The monoisotopic (exact) mass is 224 g/mol. The van der Waals surface area contributed by atoms with Crippen molar-refractivity contribution in [1.29, 1.82) is 0 Å². The molecule has 0 rings (SSSR count). The zero-order valence-corrected chi connectivity index (χ0v) is 6.60. The largest absolute Gasteiger partial charge is 0.454 e. The number of ketones is 1. The fourth-order valence-corrected chi connectivity index (χ4v) is 0.405. The SMILES string of the molecule is O=C(/C=C(\S)C(F)(F)F)C(F)(F)F. The van der Waals surface area contributed by atoms with Crippen LogP contribution in [0.3, 0.4) is 0 Å². The van der Waals surface area contributed by atoms with Gasteiger partial charge in [-0.1, -0.05) is 0 Å². The minimum absolute atomic E-state index is 0.608. The normalized spacial score (nSPS) is 14.5. The van der Waals surface area contributed by atoms with Gasteiger partial charge in [0.05, 0.1) is 4.91 Å². The number of carbonyl (C=O) groups excluding carboxylic acids is 1. The molecule has 0 heterocycles. The highest BCUT2D eigenvalue weighted by molar-refractivity contribution is 7.84. The number of carbonyl (C=O) groups is 1. The van der Waals surface area contributed by atoms with Crippen molar-refractivity contribution in [2.24, 2.45) is 0 Å². The molecule has 0 saturated carbocycles. The van der Waals surface area contributed by atoms with Crippen molar-refractivity contribution < 1.29 is 31.1 Å². The third kappa shape index (κ3) is 4.20. The highest BCUT2D eigenvalue weighted by Crippen LogP contribution is 2.29. The van der Waals surface area contributed by atoms with Crippen LogP contribution in [0.1, 0.15) is 0 Å². The second-order valence-corrected chi connectivity index (χ2v) is 2.37. The molecule has 8 heteroatoms. The molecule has 0 saturated heterocycles. The molecule has 0 aromatic carbocycles. The van der Waals surface area contributed by atoms with Gasteiger partial charge in [0.15, 0.2) is 0 Å². The van der Waals surface area contributed by atoms with Crippen molar-refractivity contribution in [2.45, 2.75) is 12.4 Å². The summed E-state index contributed by atoms with van der Waals surface area (Å²) in [5.74, 6) is -2.59. The highest BCUT2D eigenvalue weighted by Gasteiger charge is 2.40. The Kier molecular flexibility index (Phi) is 3.42. The van der Waals surface area contributed by atoms with Crippen molar-refractivity contribution in [2.75, 3.05) is 0 Å². The van der Waals surface area contributed by atoms with Gasteiger partial charge in [-0.05, 0) is 0 Å². The number of hydrogen-bond acceptors (Lipinski definition) is 2. The van der Waals surface area contributed by atoms with E-state index in [2.05, 4.69) is 12.6 Å². The third-order valence-corrected chi connectivity index (χ3v) is 1.22. The van der Waals surface area contributed by atoms with Crippen molar-refractivity contribution in [3.8, 4) is 0 Å². The molecule has 76 valence electrons. The summed E-state index contributed by atoms with van der Waals surface area (Å²) in [6, 6.07) is 0. The number of halogens is 6. The van der Waals surface area contributed by atoms with Gasteiger partial charge < -0.3 is 0 Å². The summed E-state index contributed by atoms with van der Waals surface area (Å²) in [6.07, 6.45) is -11.0. The van der Waals surface area contributed by atoms with Gasteiger partial charge >= 0.3 is 12.4 Å². The number of allylic oxidation sites excluding steroid dienone is 2. The van der Waals surface area contributed by atoms with Gasteiger partial charge in [0.2, 0.25) is 0 Å². The maximum absolute atomic E-state index is 11.5.